The van der Waals surface area contributed by atoms with Crippen LogP contribution in [0.5, 0.6) is 0 Å². The van der Waals surface area contributed by atoms with Gasteiger partial charge in [0.1, 0.15) is 11.9 Å². The van der Waals surface area contributed by atoms with Gasteiger partial charge in [0.25, 0.3) is 0 Å². The highest BCUT2D eigenvalue weighted by molar-refractivity contribution is 6.68. The largest absolute Gasteiger partial charge is 0.327 e. The van der Waals surface area contributed by atoms with E-state index in [1.165, 1.54) is 6.07 Å². The van der Waals surface area contributed by atoms with Crippen LogP contribution in [0.4, 0.5) is 9.18 Å². The van der Waals surface area contributed by atoms with Crippen LogP contribution in [-0.4, -0.2) is 27.8 Å². The molecule has 128 valence electrons. The van der Waals surface area contributed by atoms with Gasteiger partial charge in [-0.25, -0.2) is 9.18 Å². The van der Waals surface area contributed by atoms with Crippen molar-refractivity contribution in [3.63, 3.8) is 0 Å². The Morgan fingerprint density at radius 2 is 1.83 bits per heavy atom. The predicted molar refractivity (Wildman–Crippen MR) is 92.7 cm³/mol. The zero-order valence-electron chi connectivity index (χ0n) is 12.9. The molecule has 3 nitrogen and oxygen atoms in total. The number of nitrogens with one attached hydrogen (secondary N) is 1. The van der Waals surface area contributed by atoms with Crippen LogP contribution < -0.4 is 5.32 Å². The van der Waals surface area contributed by atoms with Gasteiger partial charge in [0, 0.05) is 13.1 Å². The summed E-state index contributed by atoms with van der Waals surface area (Å²) in [5.74, 6) is -0.397. The molecule has 1 aliphatic heterocycles. The fourth-order valence-electron chi connectivity index (χ4n) is 2.63. The molecule has 2 amide bonds. The number of carbonyl (C=O) groups is 1. The summed E-state index contributed by atoms with van der Waals surface area (Å²) in [6.07, 6.45) is 4.15. The molecule has 1 saturated heterocycles. The Labute approximate surface area is 151 Å². The topological polar surface area (TPSA) is 32.3 Å². The Morgan fingerprint density at radius 3 is 2.35 bits per heavy atom. The number of likely N-dealkylation sites (tertiary alicyclic amines) is 1. The van der Waals surface area contributed by atoms with E-state index in [1.807, 2.05) is 0 Å². The summed E-state index contributed by atoms with van der Waals surface area (Å²) in [7, 11) is 0. The number of carbonyl (C=O) groups excluding carboxylic acids is 1. The number of hydrogen-bond acceptors (Lipinski definition) is 1. The first-order valence-electron chi connectivity index (χ1n) is 7.67. The summed E-state index contributed by atoms with van der Waals surface area (Å²) in [6.45, 7) is 3.01. The van der Waals surface area contributed by atoms with Gasteiger partial charge in [0.2, 0.25) is 3.79 Å². The Balaban J connectivity index is 2.18. The van der Waals surface area contributed by atoms with Crippen molar-refractivity contribution < 1.29 is 9.18 Å². The second kappa shape index (κ2) is 7.91. The van der Waals surface area contributed by atoms with Crippen molar-refractivity contribution in [2.75, 3.05) is 13.1 Å². The molecule has 0 spiro atoms. The molecule has 23 heavy (non-hydrogen) atoms. The standard InChI is InChI=1S/C16H20Cl3FN2O/c1-11-6-7-12(10-13(11)20)14(16(17,18)19)21-15(23)22-8-4-2-3-5-9-22/h6-7,10,14H,2-5,8-9H2,1H3,(H,21,23)/t14-/m0/s1. The van der Waals surface area contributed by atoms with Crippen LogP contribution in [0.15, 0.2) is 18.2 Å². The van der Waals surface area contributed by atoms with Crippen LogP contribution >= 0.6 is 34.8 Å². The molecular weight excluding hydrogens is 362 g/mol. The maximum atomic E-state index is 13.8. The van der Waals surface area contributed by atoms with Crippen molar-refractivity contribution in [1.82, 2.24) is 10.2 Å². The summed E-state index contributed by atoms with van der Waals surface area (Å²) in [5, 5.41) is 2.74. The Kier molecular flexibility index (Phi) is 6.40. The van der Waals surface area contributed by atoms with Crippen LogP contribution in [0.25, 0.3) is 0 Å². The van der Waals surface area contributed by atoms with Gasteiger partial charge >= 0.3 is 6.03 Å². The second-order valence-corrected chi connectivity index (χ2v) is 8.20. The number of aryl methyl sites for hydroxylation is 1. The van der Waals surface area contributed by atoms with E-state index in [4.69, 9.17) is 34.8 Å². The summed E-state index contributed by atoms with van der Waals surface area (Å²) in [6, 6.07) is 3.35. The van der Waals surface area contributed by atoms with Crippen molar-refractivity contribution in [2.45, 2.75) is 42.4 Å². The van der Waals surface area contributed by atoms with Crippen LogP contribution in [0.3, 0.4) is 0 Å². The number of halogens is 4. The molecule has 1 aromatic rings. The van der Waals surface area contributed by atoms with Crippen LogP contribution in [0.1, 0.15) is 42.9 Å². The van der Waals surface area contributed by atoms with Crippen molar-refractivity contribution in [3.8, 4) is 0 Å². The average Bonchev–Trinajstić information content (AvgIpc) is 2.75. The molecule has 1 aliphatic rings. The number of rotatable bonds is 2. The number of alkyl halides is 3. The Hall–Kier alpha value is -0.710. The summed E-state index contributed by atoms with van der Waals surface area (Å²) in [5.41, 5.74) is 0.923. The van der Waals surface area contributed by atoms with Crippen molar-refractivity contribution in [2.24, 2.45) is 0 Å². The van der Waals surface area contributed by atoms with E-state index in [-0.39, 0.29) is 6.03 Å². The Bertz CT molecular complexity index is 555. The van der Waals surface area contributed by atoms with Gasteiger partial charge in [-0.15, -0.1) is 0 Å². The maximum absolute atomic E-state index is 13.8. The summed E-state index contributed by atoms with van der Waals surface area (Å²) < 4.78 is 12.0. The van der Waals surface area contributed by atoms with Gasteiger partial charge in [-0.2, -0.15) is 0 Å². The van der Waals surface area contributed by atoms with E-state index in [2.05, 4.69) is 5.32 Å². The lowest BCUT2D eigenvalue weighted by Gasteiger charge is -2.29. The Morgan fingerprint density at radius 1 is 1.22 bits per heavy atom. The minimum absolute atomic E-state index is 0.288. The smallest absolute Gasteiger partial charge is 0.318 e. The lowest BCUT2D eigenvalue weighted by atomic mass is 10.1. The first kappa shape index (κ1) is 18.6. The highest BCUT2D eigenvalue weighted by atomic mass is 35.6. The number of hydrogen-bond donors (Lipinski definition) is 1. The minimum Gasteiger partial charge on any atom is -0.327 e. The number of nitrogens with zero attached hydrogens (tertiary/aromatic N) is 1. The fraction of sp³-hybridized carbons (Fsp3) is 0.562. The summed E-state index contributed by atoms with van der Waals surface area (Å²) >= 11 is 18.0. The monoisotopic (exact) mass is 380 g/mol. The van der Waals surface area contributed by atoms with Gasteiger partial charge < -0.3 is 10.2 Å². The van der Waals surface area contributed by atoms with Gasteiger partial charge in [0.05, 0.1) is 0 Å². The van der Waals surface area contributed by atoms with Gasteiger partial charge in [-0.3, -0.25) is 0 Å². The lowest BCUT2D eigenvalue weighted by molar-refractivity contribution is 0.195. The average molecular weight is 382 g/mol. The van der Waals surface area contributed by atoms with Crippen LogP contribution in [0, 0.1) is 12.7 Å². The fourth-order valence-corrected chi connectivity index (χ4v) is 3.17. The van der Waals surface area contributed by atoms with Crippen LogP contribution in [0.2, 0.25) is 0 Å². The second-order valence-electron chi connectivity index (χ2n) is 5.83. The third-order valence-electron chi connectivity index (χ3n) is 4.02. The highest BCUT2D eigenvalue weighted by Crippen LogP contribution is 2.40. The van der Waals surface area contributed by atoms with Gasteiger partial charge in [-0.05, 0) is 37.0 Å². The molecule has 2 rings (SSSR count). The van der Waals surface area contributed by atoms with Gasteiger partial charge in [0.15, 0.2) is 0 Å². The molecule has 1 aromatic carbocycles. The van der Waals surface area contributed by atoms with E-state index < -0.39 is 15.7 Å². The van der Waals surface area contributed by atoms with Crippen molar-refractivity contribution in [3.05, 3.63) is 35.1 Å². The minimum atomic E-state index is -1.77. The van der Waals surface area contributed by atoms with E-state index in [9.17, 15) is 9.18 Å². The molecule has 0 unspecified atom stereocenters. The van der Waals surface area contributed by atoms with E-state index in [0.717, 1.165) is 25.7 Å². The molecule has 0 bridgehead atoms. The molecule has 0 aliphatic carbocycles. The molecule has 1 N–H and O–H groups in total. The molecule has 7 heteroatoms. The van der Waals surface area contributed by atoms with Crippen molar-refractivity contribution in [1.29, 1.82) is 0 Å². The number of amides is 2. The molecule has 0 radical (unpaired) electrons. The predicted octanol–water partition coefficient (Wildman–Crippen LogP) is 5.13. The molecule has 0 aromatic heterocycles. The zero-order valence-corrected chi connectivity index (χ0v) is 15.2. The third kappa shape index (κ3) is 5.13. The van der Waals surface area contributed by atoms with E-state index >= 15 is 0 Å². The number of benzene rings is 1. The normalized spacial score (nSPS) is 17.5. The van der Waals surface area contributed by atoms with Crippen LogP contribution in [-0.2, 0) is 0 Å². The van der Waals surface area contributed by atoms with Gasteiger partial charge in [-0.1, -0.05) is 59.8 Å². The maximum Gasteiger partial charge on any atom is 0.318 e. The molecule has 1 atom stereocenters. The van der Waals surface area contributed by atoms with E-state index in [1.54, 1.807) is 24.0 Å². The summed E-state index contributed by atoms with van der Waals surface area (Å²) in [4.78, 5) is 14.2. The lowest BCUT2D eigenvalue weighted by Crippen LogP contribution is -2.45. The number of urea groups is 1. The molecular formula is C16H20Cl3FN2O. The first-order valence-corrected chi connectivity index (χ1v) is 8.80. The molecule has 1 fully saturated rings. The molecule has 1 heterocycles. The third-order valence-corrected chi connectivity index (χ3v) is 4.67. The van der Waals surface area contributed by atoms with E-state index in [0.29, 0.717) is 24.2 Å². The van der Waals surface area contributed by atoms with Crippen molar-refractivity contribution >= 4 is 40.8 Å². The SMILES string of the molecule is Cc1ccc([C@H](NC(=O)N2CCCCCC2)C(Cl)(Cl)Cl)cc1F. The zero-order chi connectivity index (χ0) is 17.0. The highest BCUT2D eigenvalue weighted by Gasteiger charge is 2.36. The first-order chi connectivity index (χ1) is 10.8. The quantitative estimate of drug-likeness (QED) is 0.708. The molecule has 0 saturated carbocycles.